The highest BCUT2D eigenvalue weighted by molar-refractivity contribution is 5.04. The lowest BCUT2D eigenvalue weighted by Gasteiger charge is -2.03. The van der Waals surface area contributed by atoms with E-state index in [-0.39, 0.29) is 7.43 Å². The highest BCUT2D eigenvalue weighted by atomic mass is 15.1. The van der Waals surface area contributed by atoms with Gasteiger partial charge in [0, 0.05) is 249 Å². The van der Waals surface area contributed by atoms with Gasteiger partial charge in [-0.15, -0.1) is 0 Å². The fraction of sp³-hybridized carbons (Fsp3) is 0.541. The summed E-state index contributed by atoms with van der Waals surface area (Å²) in [5.74, 6) is 5.13. The van der Waals surface area contributed by atoms with Crippen molar-refractivity contribution < 1.29 is 0 Å². The molecule has 0 N–H and O–H groups in total. The minimum atomic E-state index is 0. The molecular weight excluding hydrogens is 1390 g/mol. The van der Waals surface area contributed by atoms with E-state index in [0.717, 1.165) is 81.2 Å². The summed E-state index contributed by atoms with van der Waals surface area (Å²) < 4.78 is 26.4. The van der Waals surface area contributed by atoms with E-state index in [0.29, 0.717) is 23.8 Å². The van der Waals surface area contributed by atoms with Gasteiger partial charge >= 0.3 is 0 Å². The molecule has 0 unspecified atom stereocenters. The minimum Gasteiger partial charge on any atom is -0.340 e. The Labute approximate surface area is 668 Å². The molecule has 0 spiro atoms. The van der Waals surface area contributed by atoms with Gasteiger partial charge in [0.25, 0.3) is 0 Å². The number of unbranched alkanes of at least 4 members (excludes halogenated alkanes) is 1. The van der Waals surface area contributed by atoms with Crippen LogP contribution in [0.3, 0.4) is 0 Å². The Morgan fingerprint density at radius 1 is 0.324 bits per heavy atom. The number of hydrogen-bond acceptors (Lipinski definition) is 13. The van der Waals surface area contributed by atoms with Crippen LogP contribution in [0.15, 0.2) is 187 Å². The lowest BCUT2D eigenvalue weighted by atomic mass is 10.1. The van der Waals surface area contributed by atoms with Crippen molar-refractivity contribution in [2.24, 2.45) is 63.4 Å². The Hall–Kier alpha value is -10.3. The largest absolute Gasteiger partial charge is 0.340 e. The van der Waals surface area contributed by atoms with Crippen LogP contribution in [0.2, 0.25) is 0 Å². The molecule has 0 radical (unpaired) electrons. The SMILES string of the molecule is C.CC(C)c1cn(C)cn1.CC(C)c1cncn1C.CC(C)c1nccn1C.CC(C)n1ccnc1.CCCCn1ccnc1.CCCc1cn(C)cn1.CCCc1cncn1C.CCCc1nccn1C.CCCn1ccnc1.CCc1cn(C)cn1.CCc1cncn1C.CCc1nccn1C.CCn1ccnc1. The van der Waals surface area contributed by atoms with Crippen molar-refractivity contribution in [3.63, 3.8) is 0 Å². The van der Waals surface area contributed by atoms with Crippen molar-refractivity contribution in [3.05, 3.63) is 239 Å². The summed E-state index contributed by atoms with van der Waals surface area (Å²) in [4.78, 5) is 52.5. The van der Waals surface area contributed by atoms with Gasteiger partial charge in [0.2, 0.25) is 0 Å². The van der Waals surface area contributed by atoms with Crippen molar-refractivity contribution in [1.82, 2.24) is 124 Å². The highest BCUT2D eigenvalue weighted by Gasteiger charge is 2.04. The van der Waals surface area contributed by atoms with E-state index in [1.807, 2.05) is 256 Å². The maximum atomic E-state index is 4.18. The van der Waals surface area contributed by atoms with E-state index < -0.39 is 0 Å². The van der Waals surface area contributed by atoms with Gasteiger partial charge in [0.15, 0.2) is 0 Å². The van der Waals surface area contributed by atoms with Crippen molar-refractivity contribution in [2.75, 3.05) is 0 Å². The van der Waals surface area contributed by atoms with E-state index in [4.69, 9.17) is 0 Å². The zero-order chi connectivity index (χ0) is 82.0. The maximum Gasteiger partial charge on any atom is 0.110 e. The van der Waals surface area contributed by atoms with Crippen LogP contribution in [0.1, 0.15) is 239 Å². The number of rotatable bonds is 19. The number of nitrogens with zero attached hydrogens (tertiary/aromatic N) is 26. The fourth-order valence-electron chi connectivity index (χ4n) is 9.78. The first-order valence-corrected chi connectivity index (χ1v) is 39.3. The average Bonchev–Trinajstić information content (AvgIpc) is 1.75. The van der Waals surface area contributed by atoms with Crippen molar-refractivity contribution in [3.8, 4) is 0 Å². The van der Waals surface area contributed by atoms with E-state index in [1.165, 1.54) is 67.1 Å². The molecule has 0 fully saturated rings. The van der Waals surface area contributed by atoms with Gasteiger partial charge in [-0.05, 0) is 77.6 Å². The van der Waals surface area contributed by atoms with Crippen molar-refractivity contribution in [2.45, 2.75) is 246 Å². The Kier molecular flexibility index (Phi) is 55.8. The summed E-state index contributed by atoms with van der Waals surface area (Å²) in [6.45, 7) is 39.6. The molecule has 0 amide bonds. The molecule has 0 aliphatic carbocycles. The quantitative estimate of drug-likeness (QED) is 0.0734. The predicted octanol–water partition coefficient (Wildman–Crippen LogP) is 17.7. The molecule has 26 nitrogen and oxygen atoms in total. The molecule has 0 aliphatic heterocycles. The minimum absolute atomic E-state index is 0. The fourth-order valence-corrected chi connectivity index (χ4v) is 9.78. The maximum absolute atomic E-state index is 4.18. The third kappa shape index (κ3) is 45.5. The molecular formula is C85H146N26. The van der Waals surface area contributed by atoms with E-state index in [9.17, 15) is 0 Å². The van der Waals surface area contributed by atoms with Gasteiger partial charge in [-0.3, -0.25) is 0 Å². The molecule has 0 atom stereocenters. The smallest absolute Gasteiger partial charge is 0.110 e. The lowest BCUT2D eigenvalue weighted by Crippen LogP contribution is -1.98. The second-order valence-electron chi connectivity index (χ2n) is 27.5. The average molecular weight is 1530 g/mol. The second-order valence-corrected chi connectivity index (χ2v) is 27.5. The molecule has 0 aliphatic rings. The summed E-state index contributed by atoms with van der Waals surface area (Å²) in [6, 6.07) is 0.539. The number of aromatic nitrogens is 26. The van der Waals surface area contributed by atoms with Crippen LogP contribution in [0.25, 0.3) is 0 Å². The Bertz CT molecular complexity index is 3960. The third-order valence-electron chi connectivity index (χ3n) is 16.3. The molecule has 13 heterocycles. The summed E-state index contributed by atoms with van der Waals surface area (Å²) >= 11 is 0. The summed E-state index contributed by atoms with van der Waals surface area (Å²) in [5, 5.41) is 0. The first-order chi connectivity index (χ1) is 52.8. The third-order valence-corrected chi connectivity index (χ3v) is 16.3. The zero-order valence-electron chi connectivity index (χ0n) is 72.4. The number of aryl methyl sites for hydroxylation is 18. The molecule has 13 aromatic heterocycles. The molecule has 13 aromatic rings. The standard InChI is InChI=1S/7C7H12N2.5C6H10N2.C5H8N2.CH4/c1-6(2)7-4-9(3)5-8-7;1-6(2)7-4-8-5-9(7)3;1-6(2)7-8-4-5-9(7)3;1-3-4-7-5-9(2)6-8-7;1-3-4-7-5-8-6-9(7)2;1-3-4-7-8-5-6-9(7)2;1-2-3-5-9-6-4-8-7-9;1-6(2)8-4-3-7-5-8;1-3-6-4-8(2)5-7-6;1-3-6-4-7-5-8(6)2;1-3-6-7-4-5-8(6)2;1-2-4-8-5-3-7-6-8;1-2-7-4-3-6-5-7;/h3*4-6H,1-3H3;3*5-6H,3-4H2,1-2H3;4,6-7H,2-3,5H2,1H3;3-6H,1-2H3;3*4-5H,3H2,1-2H3;3,5-6H,2,4H2,1H3;3-5H,2H2,1H3;1H4. The molecule has 0 saturated carbocycles. The van der Waals surface area contributed by atoms with E-state index in [2.05, 4.69) is 212 Å². The van der Waals surface area contributed by atoms with Gasteiger partial charge < -0.3 is 59.4 Å². The van der Waals surface area contributed by atoms with Gasteiger partial charge in [-0.25, -0.2) is 64.8 Å². The molecule has 111 heavy (non-hydrogen) atoms. The first-order valence-electron chi connectivity index (χ1n) is 39.3. The molecule has 0 aromatic carbocycles. The predicted molar refractivity (Wildman–Crippen MR) is 458 cm³/mol. The topological polar surface area (TPSA) is 232 Å². The van der Waals surface area contributed by atoms with Gasteiger partial charge in [-0.1, -0.05) is 124 Å². The van der Waals surface area contributed by atoms with Crippen molar-refractivity contribution in [1.29, 1.82) is 0 Å². The van der Waals surface area contributed by atoms with E-state index in [1.54, 1.807) is 24.9 Å². The van der Waals surface area contributed by atoms with Crippen LogP contribution in [0, 0.1) is 0 Å². The molecule has 26 heteroatoms. The first kappa shape index (κ1) is 101. The van der Waals surface area contributed by atoms with Crippen LogP contribution >= 0.6 is 0 Å². The molecule has 0 saturated heterocycles. The van der Waals surface area contributed by atoms with Gasteiger partial charge in [0.05, 0.1) is 80.4 Å². The van der Waals surface area contributed by atoms with Crippen molar-refractivity contribution >= 4 is 0 Å². The van der Waals surface area contributed by atoms with Gasteiger partial charge in [0.1, 0.15) is 17.5 Å². The van der Waals surface area contributed by atoms with Crippen LogP contribution in [-0.4, -0.2) is 124 Å². The Morgan fingerprint density at radius 2 is 0.802 bits per heavy atom. The molecule has 0 bridgehead atoms. The second kappa shape index (κ2) is 61.5. The van der Waals surface area contributed by atoms with E-state index >= 15 is 0 Å². The summed E-state index contributed by atoms with van der Waals surface area (Å²) in [5.41, 5.74) is 7.41. The monoisotopic (exact) mass is 1530 g/mol. The Balaban J connectivity index is 0.00000118. The highest BCUT2D eigenvalue weighted by Crippen LogP contribution is 2.12. The normalized spacial score (nSPS) is 9.96. The molecule has 616 valence electrons. The molecule has 13 rings (SSSR count). The summed E-state index contributed by atoms with van der Waals surface area (Å²) in [6.07, 6.45) is 70.2. The number of imidazole rings is 13. The van der Waals surface area contributed by atoms with Crippen LogP contribution in [0.4, 0.5) is 0 Å². The zero-order valence-corrected chi connectivity index (χ0v) is 72.4. The van der Waals surface area contributed by atoms with Gasteiger partial charge in [-0.2, -0.15) is 0 Å². The lowest BCUT2D eigenvalue weighted by molar-refractivity contribution is 0.600. The van der Waals surface area contributed by atoms with Crippen LogP contribution < -0.4 is 0 Å². The Morgan fingerprint density at radius 3 is 1.08 bits per heavy atom. The van der Waals surface area contributed by atoms with Crippen LogP contribution in [0.5, 0.6) is 0 Å². The van der Waals surface area contributed by atoms with Crippen LogP contribution in [-0.2, 0) is 122 Å². The summed E-state index contributed by atoms with van der Waals surface area (Å²) in [7, 11) is 18.1. The number of hydrogen-bond donors (Lipinski definition) is 0.